The van der Waals surface area contributed by atoms with E-state index >= 15 is 0 Å². The first-order valence-corrected chi connectivity index (χ1v) is 17.4. The van der Waals surface area contributed by atoms with E-state index in [0.29, 0.717) is 0 Å². The lowest BCUT2D eigenvalue weighted by atomic mass is 9.97. The number of para-hydroxylation sites is 5. The normalized spacial score (nSPS) is 11.9. The van der Waals surface area contributed by atoms with Gasteiger partial charge in [0.2, 0.25) is 0 Å². The first-order valence-electron chi connectivity index (χ1n) is 17.4. The molecule has 0 fully saturated rings. The third-order valence-corrected chi connectivity index (χ3v) is 10.5. The van der Waals surface area contributed by atoms with Crippen LogP contribution in [0, 0.1) is 0 Å². The topological polar surface area (TPSA) is 23.0 Å². The molecule has 0 aliphatic carbocycles. The molecule has 0 spiro atoms. The summed E-state index contributed by atoms with van der Waals surface area (Å²) in [4.78, 5) is 0. The molecule has 11 aromatic rings. The minimum absolute atomic E-state index is 0.913. The summed E-state index contributed by atoms with van der Waals surface area (Å²) in [6, 6.07) is 65.5. The number of aromatic nitrogens is 2. The highest BCUT2D eigenvalue weighted by atomic mass is 16.3. The average Bonchev–Trinajstić information content (AvgIpc) is 3.86. The zero-order valence-corrected chi connectivity index (χ0v) is 27.6. The van der Waals surface area contributed by atoms with Crippen LogP contribution < -0.4 is 0 Å². The van der Waals surface area contributed by atoms with Gasteiger partial charge >= 0.3 is 0 Å². The quantitative estimate of drug-likeness (QED) is 0.186. The maximum Gasteiger partial charge on any atom is 0.135 e. The van der Waals surface area contributed by atoms with Crippen molar-refractivity contribution < 1.29 is 4.42 Å². The standard InChI is InChI=1S/C48H30N2O/c1-2-12-33(13-3-1)49-43-21-8-5-16-40(43)47-37(17-11-22-44(47)49)39-19-10-18-38-35-14-4-7-20-42(35)50(48(38)39)34-27-24-31(25-28-34)32-26-29-46-41(30-32)36-15-6-9-23-45(36)51-46/h1-30H. The van der Waals surface area contributed by atoms with E-state index in [9.17, 15) is 0 Å². The number of fused-ring (bicyclic) bond motifs is 9. The Morgan fingerprint density at radius 1 is 0.333 bits per heavy atom. The largest absolute Gasteiger partial charge is 0.456 e. The second-order valence-corrected chi connectivity index (χ2v) is 13.3. The number of furan rings is 1. The molecule has 0 amide bonds. The third kappa shape index (κ3) is 4.12. The van der Waals surface area contributed by atoms with E-state index in [1.807, 2.05) is 12.1 Å². The van der Waals surface area contributed by atoms with E-state index in [-0.39, 0.29) is 0 Å². The smallest absolute Gasteiger partial charge is 0.135 e. The Labute approximate surface area is 293 Å². The average molecular weight is 651 g/mol. The second-order valence-electron chi connectivity index (χ2n) is 13.3. The Balaban J connectivity index is 1.14. The second kappa shape index (κ2) is 10.8. The predicted octanol–water partition coefficient (Wildman–Crippen LogP) is 13.1. The summed E-state index contributed by atoms with van der Waals surface area (Å²) >= 11 is 0. The Kier molecular flexibility index (Phi) is 5.96. The van der Waals surface area contributed by atoms with Gasteiger partial charge in [0.05, 0.1) is 22.1 Å². The number of hydrogen-bond acceptors (Lipinski definition) is 1. The van der Waals surface area contributed by atoms with E-state index < -0.39 is 0 Å². The molecule has 0 aliphatic rings. The SMILES string of the molecule is c1ccc(-n2c3ccccc3c3c(-c4cccc5c6ccccc6n(-c6ccc(-c7ccc8oc9ccccc9c8c7)cc6)c45)cccc32)cc1. The van der Waals surface area contributed by atoms with Crippen LogP contribution in [0.1, 0.15) is 0 Å². The highest BCUT2D eigenvalue weighted by Gasteiger charge is 2.21. The van der Waals surface area contributed by atoms with Crippen LogP contribution >= 0.6 is 0 Å². The van der Waals surface area contributed by atoms with Crippen molar-refractivity contribution in [3.63, 3.8) is 0 Å². The predicted molar refractivity (Wildman–Crippen MR) is 213 cm³/mol. The van der Waals surface area contributed by atoms with Gasteiger partial charge in [-0.05, 0) is 77.4 Å². The van der Waals surface area contributed by atoms with Crippen molar-refractivity contribution >= 4 is 65.6 Å². The van der Waals surface area contributed by atoms with Crippen molar-refractivity contribution in [3.05, 3.63) is 182 Å². The molecule has 51 heavy (non-hydrogen) atoms. The van der Waals surface area contributed by atoms with Crippen LogP contribution in [0.15, 0.2) is 186 Å². The van der Waals surface area contributed by atoms with Crippen LogP contribution in [0.2, 0.25) is 0 Å². The molecule has 0 aliphatic heterocycles. The lowest BCUT2D eigenvalue weighted by molar-refractivity contribution is 0.669. The van der Waals surface area contributed by atoms with Gasteiger partial charge in [-0.1, -0.05) is 121 Å². The van der Waals surface area contributed by atoms with Crippen molar-refractivity contribution in [1.82, 2.24) is 9.13 Å². The van der Waals surface area contributed by atoms with E-state index in [0.717, 1.165) is 33.3 Å². The molecule has 11 rings (SSSR count). The summed E-state index contributed by atoms with van der Waals surface area (Å²) in [6.45, 7) is 0. The fraction of sp³-hybridized carbons (Fsp3) is 0. The molecule has 3 heterocycles. The molecule has 0 unspecified atom stereocenters. The molecule has 0 saturated heterocycles. The van der Waals surface area contributed by atoms with Crippen LogP contribution in [0.5, 0.6) is 0 Å². The molecule has 3 heteroatoms. The Morgan fingerprint density at radius 2 is 0.922 bits per heavy atom. The van der Waals surface area contributed by atoms with Gasteiger partial charge in [-0.2, -0.15) is 0 Å². The monoisotopic (exact) mass is 650 g/mol. The summed E-state index contributed by atoms with van der Waals surface area (Å²) in [6.07, 6.45) is 0. The summed E-state index contributed by atoms with van der Waals surface area (Å²) in [5, 5.41) is 7.28. The first kappa shape index (κ1) is 28.0. The van der Waals surface area contributed by atoms with E-state index in [1.165, 1.54) is 65.9 Å². The molecular formula is C48H30N2O. The van der Waals surface area contributed by atoms with Crippen LogP contribution in [0.25, 0.3) is 99.2 Å². The Bertz CT molecular complexity index is 3120. The van der Waals surface area contributed by atoms with E-state index in [2.05, 4.69) is 179 Å². The highest BCUT2D eigenvalue weighted by molar-refractivity contribution is 6.20. The number of benzene rings is 8. The van der Waals surface area contributed by atoms with Gasteiger partial charge in [-0.3, -0.25) is 0 Å². The molecule has 0 radical (unpaired) electrons. The Morgan fingerprint density at radius 3 is 1.76 bits per heavy atom. The third-order valence-electron chi connectivity index (χ3n) is 10.5. The maximum absolute atomic E-state index is 6.11. The first-order chi connectivity index (χ1) is 25.3. The highest BCUT2D eigenvalue weighted by Crippen LogP contribution is 2.43. The Hall–Kier alpha value is -6.84. The molecule has 3 nitrogen and oxygen atoms in total. The lowest BCUT2D eigenvalue weighted by Crippen LogP contribution is -1.96. The van der Waals surface area contributed by atoms with Crippen molar-refractivity contribution in [2.45, 2.75) is 0 Å². The maximum atomic E-state index is 6.11. The molecular weight excluding hydrogens is 621 g/mol. The summed E-state index contributed by atoms with van der Waals surface area (Å²) in [7, 11) is 0. The van der Waals surface area contributed by atoms with Gasteiger partial charge in [0.1, 0.15) is 11.2 Å². The van der Waals surface area contributed by atoms with Gasteiger partial charge in [0.15, 0.2) is 0 Å². The van der Waals surface area contributed by atoms with Gasteiger partial charge in [-0.15, -0.1) is 0 Å². The van der Waals surface area contributed by atoms with Crippen molar-refractivity contribution in [2.24, 2.45) is 0 Å². The van der Waals surface area contributed by atoms with E-state index in [1.54, 1.807) is 0 Å². The van der Waals surface area contributed by atoms with Crippen molar-refractivity contribution in [3.8, 4) is 33.6 Å². The molecule has 8 aromatic carbocycles. The fourth-order valence-corrected chi connectivity index (χ4v) is 8.31. The zero-order valence-electron chi connectivity index (χ0n) is 27.6. The molecule has 0 bridgehead atoms. The molecule has 0 saturated carbocycles. The minimum atomic E-state index is 0.913. The number of hydrogen-bond donors (Lipinski definition) is 0. The summed E-state index contributed by atoms with van der Waals surface area (Å²) in [5.74, 6) is 0. The minimum Gasteiger partial charge on any atom is -0.456 e. The van der Waals surface area contributed by atoms with Crippen molar-refractivity contribution in [1.29, 1.82) is 0 Å². The zero-order chi connectivity index (χ0) is 33.5. The van der Waals surface area contributed by atoms with Gasteiger partial charge < -0.3 is 13.6 Å². The fourth-order valence-electron chi connectivity index (χ4n) is 8.31. The molecule has 238 valence electrons. The number of rotatable bonds is 4. The van der Waals surface area contributed by atoms with Gasteiger partial charge in [0.25, 0.3) is 0 Å². The van der Waals surface area contributed by atoms with Crippen molar-refractivity contribution in [2.75, 3.05) is 0 Å². The molecule has 0 atom stereocenters. The van der Waals surface area contributed by atoms with Gasteiger partial charge in [0, 0.05) is 49.3 Å². The van der Waals surface area contributed by atoms with Crippen LogP contribution in [-0.2, 0) is 0 Å². The van der Waals surface area contributed by atoms with Crippen LogP contribution in [0.4, 0.5) is 0 Å². The van der Waals surface area contributed by atoms with Crippen LogP contribution in [0.3, 0.4) is 0 Å². The molecule has 0 N–H and O–H groups in total. The molecule has 3 aromatic heterocycles. The van der Waals surface area contributed by atoms with E-state index in [4.69, 9.17) is 4.42 Å². The summed E-state index contributed by atoms with van der Waals surface area (Å²) < 4.78 is 11.0. The van der Waals surface area contributed by atoms with Gasteiger partial charge in [-0.25, -0.2) is 0 Å². The number of nitrogens with zero attached hydrogens (tertiary/aromatic N) is 2. The van der Waals surface area contributed by atoms with Crippen LogP contribution in [-0.4, -0.2) is 9.13 Å². The summed E-state index contributed by atoms with van der Waals surface area (Å²) in [5.41, 5.74) is 13.7. The lowest BCUT2D eigenvalue weighted by Gasteiger charge is -2.14.